The van der Waals surface area contributed by atoms with Gasteiger partial charge in [-0.1, -0.05) is 48.9 Å². The van der Waals surface area contributed by atoms with Crippen molar-refractivity contribution in [1.29, 1.82) is 0 Å². The number of piperidine rings is 1. The van der Waals surface area contributed by atoms with Crippen molar-refractivity contribution >= 4 is 11.7 Å². The summed E-state index contributed by atoms with van der Waals surface area (Å²) < 4.78 is 0. The summed E-state index contributed by atoms with van der Waals surface area (Å²) in [5.41, 5.74) is 6.90. The second-order valence-electron chi connectivity index (χ2n) is 8.41. The first-order chi connectivity index (χ1) is 15.5. The molecule has 0 bridgehead atoms. The molecule has 5 heteroatoms. The van der Waals surface area contributed by atoms with E-state index in [0.717, 1.165) is 28.8 Å². The normalized spacial score (nSPS) is 14.7. The van der Waals surface area contributed by atoms with E-state index >= 15 is 0 Å². The lowest BCUT2D eigenvalue weighted by molar-refractivity contribution is 0.0697. The Morgan fingerprint density at radius 2 is 1.59 bits per heavy atom. The van der Waals surface area contributed by atoms with Crippen LogP contribution in [0.5, 0.6) is 0 Å². The standard InChI is InChI=1S/C27H29N3O2/c1-19-15-24(17-25(27(31)32)26(19)29-28-2)22-11-9-21(10-12-22)23-8-6-7-20(16-23)18-30-13-4-3-5-14-30/h6-12,15-17H,3-5,13-14,18H2,1-2H3,(H,31,32). The zero-order chi connectivity index (χ0) is 22.5. The zero-order valence-electron chi connectivity index (χ0n) is 18.7. The molecule has 0 atom stereocenters. The number of nitrogens with zero attached hydrogens (tertiary/aromatic N) is 3. The van der Waals surface area contributed by atoms with Crippen LogP contribution in [0.25, 0.3) is 22.3 Å². The van der Waals surface area contributed by atoms with Gasteiger partial charge in [0.25, 0.3) is 0 Å². The van der Waals surface area contributed by atoms with Crippen molar-refractivity contribution in [2.24, 2.45) is 10.2 Å². The number of carboxylic acids is 1. The second-order valence-corrected chi connectivity index (χ2v) is 8.41. The highest BCUT2D eigenvalue weighted by Gasteiger charge is 2.15. The fraction of sp³-hybridized carbons (Fsp3) is 0.296. The Kier molecular flexibility index (Phi) is 6.76. The van der Waals surface area contributed by atoms with E-state index < -0.39 is 5.97 Å². The van der Waals surface area contributed by atoms with Crippen molar-refractivity contribution in [3.05, 3.63) is 77.4 Å². The van der Waals surface area contributed by atoms with Gasteiger partial charge in [-0.25, -0.2) is 4.79 Å². The van der Waals surface area contributed by atoms with Gasteiger partial charge >= 0.3 is 5.97 Å². The zero-order valence-corrected chi connectivity index (χ0v) is 18.7. The summed E-state index contributed by atoms with van der Waals surface area (Å²) in [6.07, 6.45) is 3.95. The molecular weight excluding hydrogens is 398 g/mol. The summed E-state index contributed by atoms with van der Waals surface area (Å²) in [6.45, 7) is 5.25. The molecule has 1 aliphatic rings. The molecule has 1 heterocycles. The summed E-state index contributed by atoms with van der Waals surface area (Å²) >= 11 is 0. The van der Waals surface area contributed by atoms with E-state index in [1.807, 2.05) is 25.1 Å². The number of hydrogen-bond donors (Lipinski definition) is 1. The maximum absolute atomic E-state index is 11.7. The van der Waals surface area contributed by atoms with Gasteiger partial charge in [-0.05, 0) is 84.4 Å². The van der Waals surface area contributed by atoms with Crippen molar-refractivity contribution in [1.82, 2.24) is 4.90 Å². The first-order valence-electron chi connectivity index (χ1n) is 11.1. The van der Waals surface area contributed by atoms with Gasteiger partial charge in [-0.2, -0.15) is 10.2 Å². The smallest absolute Gasteiger partial charge is 0.337 e. The molecule has 0 aromatic heterocycles. The third-order valence-corrected chi connectivity index (χ3v) is 6.06. The maximum atomic E-state index is 11.7. The van der Waals surface area contributed by atoms with Crippen LogP contribution in [0.15, 0.2) is 70.9 Å². The van der Waals surface area contributed by atoms with Crippen LogP contribution >= 0.6 is 0 Å². The molecule has 164 valence electrons. The van der Waals surface area contributed by atoms with Crippen LogP contribution in [0.4, 0.5) is 5.69 Å². The number of hydrogen-bond acceptors (Lipinski definition) is 4. The monoisotopic (exact) mass is 427 g/mol. The number of carboxylic acid groups (broad SMARTS) is 1. The topological polar surface area (TPSA) is 65.3 Å². The molecule has 0 saturated carbocycles. The summed E-state index contributed by atoms with van der Waals surface area (Å²) in [4.78, 5) is 14.3. The van der Waals surface area contributed by atoms with Crippen LogP contribution in [0, 0.1) is 6.92 Å². The number of benzene rings is 3. The summed E-state index contributed by atoms with van der Waals surface area (Å²) in [6, 6.07) is 20.7. The van der Waals surface area contributed by atoms with Gasteiger partial charge in [0.2, 0.25) is 0 Å². The average molecular weight is 428 g/mol. The molecule has 0 amide bonds. The van der Waals surface area contributed by atoms with E-state index in [9.17, 15) is 9.90 Å². The highest BCUT2D eigenvalue weighted by atomic mass is 16.4. The third-order valence-electron chi connectivity index (χ3n) is 6.06. The molecule has 0 aliphatic carbocycles. The number of likely N-dealkylation sites (tertiary alicyclic amines) is 1. The highest BCUT2D eigenvalue weighted by molar-refractivity contribution is 5.96. The Morgan fingerprint density at radius 1 is 0.906 bits per heavy atom. The first kappa shape index (κ1) is 21.9. The first-order valence-corrected chi connectivity index (χ1v) is 11.1. The lowest BCUT2D eigenvalue weighted by atomic mass is 9.96. The van der Waals surface area contributed by atoms with E-state index in [4.69, 9.17) is 0 Å². The molecule has 0 unspecified atom stereocenters. The van der Waals surface area contributed by atoms with Crippen molar-refractivity contribution in [2.75, 3.05) is 20.1 Å². The SMILES string of the molecule is CN=Nc1c(C)cc(-c2ccc(-c3cccc(CN4CCCCC4)c3)cc2)cc1C(=O)O. The lowest BCUT2D eigenvalue weighted by Crippen LogP contribution is -2.29. The van der Waals surface area contributed by atoms with E-state index in [1.165, 1.54) is 43.5 Å². The molecule has 3 aromatic carbocycles. The van der Waals surface area contributed by atoms with E-state index in [0.29, 0.717) is 5.69 Å². The molecule has 1 saturated heterocycles. The van der Waals surface area contributed by atoms with Crippen LogP contribution in [0.3, 0.4) is 0 Å². The minimum atomic E-state index is -1.00. The van der Waals surface area contributed by atoms with Gasteiger partial charge in [0.15, 0.2) is 0 Å². The molecule has 0 radical (unpaired) electrons. The van der Waals surface area contributed by atoms with Crippen LogP contribution in [0.1, 0.15) is 40.7 Å². The Hall–Kier alpha value is -3.31. The van der Waals surface area contributed by atoms with Crippen LogP contribution in [-0.4, -0.2) is 36.1 Å². The molecule has 3 aromatic rings. The fourth-order valence-corrected chi connectivity index (χ4v) is 4.42. The molecular formula is C27H29N3O2. The predicted molar refractivity (Wildman–Crippen MR) is 129 cm³/mol. The third kappa shape index (κ3) is 4.94. The van der Waals surface area contributed by atoms with Gasteiger partial charge in [-0.15, -0.1) is 0 Å². The summed E-state index contributed by atoms with van der Waals surface area (Å²) in [5, 5.41) is 17.4. The minimum absolute atomic E-state index is 0.167. The van der Waals surface area contributed by atoms with E-state index in [1.54, 1.807) is 13.1 Å². The molecule has 1 aliphatic heterocycles. The quantitative estimate of drug-likeness (QED) is 0.444. The van der Waals surface area contributed by atoms with E-state index in [-0.39, 0.29) is 5.56 Å². The van der Waals surface area contributed by atoms with Gasteiger partial charge < -0.3 is 5.11 Å². The number of aromatic carboxylic acids is 1. The Bertz CT molecular complexity index is 1130. The van der Waals surface area contributed by atoms with Gasteiger partial charge in [0.1, 0.15) is 5.69 Å². The maximum Gasteiger partial charge on any atom is 0.337 e. The number of rotatable bonds is 6. The Labute approximate surface area is 189 Å². The fourth-order valence-electron chi connectivity index (χ4n) is 4.42. The summed E-state index contributed by atoms with van der Waals surface area (Å²) in [7, 11) is 1.54. The molecule has 1 fully saturated rings. The van der Waals surface area contributed by atoms with Crippen LogP contribution < -0.4 is 0 Å². The molecule has 32 heavy (non-hydrogen) atoms. The summed E-state index contributed by atoms with van der Waals surface area (Å²) in [5.74, 6) is -1.00. The molecule has 5 nitrogen and oxygen atoms in total. The molecule has 0 spiro atoms. The van der Waals surface area contributed by atoms with Gasteiger partial charge in [0, 0.05) is 13.6 Å². The number of azo groups is 1. The minimum Gasteiger partial charge on any atom is -0.478 e. The van der Waals surface area contributed by atoms with Crippen molar-refractivity contribution < 1.29 is 9.90 Å². The highest BCUT2D eigenvalue weighted by Crippen LogP contribution is 2.32. The van der Waals surface area contributed by atoms with Crippen molar-refractivity contribution in [3.63, 3.8) is 0 Å². The lowest BCUT2D eigenvalue weighted by Gasteiger charge is -2.26. The predicted octanol–water partition coefficient (Wildman–Crippen LogP) is 6.73. The number of carbonyl (C=O) groups is 1. The number of aryl methyl sites for hydroxylation is 1. The molecule has 4 rings (SSSR count). The largest absolute Gasteiger partial charge is 0.478 e. The van der Waals surface area contributed by atoms with Gasteiger partial charge in [-0.3, -0.25) is 4.90 Å². The van der Waals surface area contributed by atoms with Crippen molar-refractivity contribution in [3.8, 4) is 22.3 Å². The van der Waals surface area contributed by atoms with Gasteiger partial charge in [0.05, 0.1) is 5.56 Å². The van der Waals surface area contributed by atoms with Crippen LogP contribution in [-0.2, 0) is 6.54 Å². The van der Waals surface area contributed by atoms with Crippen molar-refractivity contribution in [2.45, 2.75) is 32.7 Å². The Morgan fingerprint density at radius 3 is 2.25 bits per heavy atom. The second kappa shape index (κ2) is 9.88. The molecule has 1 N–H and O–H groups in total. The average Bonchev–Trinajstić information content (AvgIpc) is 2.81. The van der Waals surface area contributed by atoms with E-state index in [2.05, 4.69) is 51.5 Å². The Balaban J connectivity index is 1.59. The van der Waals surface area contributed by atoms with Crippen LogP contribution in [0.2, 0.25) is 0 Å².